The Balaban J connectivity index is 2.37. The molecule has 1 aliphatic carbocycles. The minimum Gasteiger partial charge on any atom is -0.393 e. The minimum atomic E-state index is -1.44. The van der Waals surface area contributed by atoms with Gasteiger partial charge in [0.15, 0.2) is 17.5 Å². The number of hydrogen-bond acceptors (Lipinski definition) is 1. The normalized spacial score (nSPS) is 27.6. The van der Waals surface area contributed by atoms with Crippen LogP contribution in [0.2, 0.25) is 0 Å². The molecule has 2 rings (SSSR count). The highest BCUT2D eigenvalue weighted by atomic mass is 19.2. The second-order valence-corrected chi connectivity index (χ2v) is 6.54. The van der Waals surface area contributed by atoms with Gasteiger partial charge in [-0.25, -0.2) is 13.2 Å². The van der Waals surface area contributed by atoms with Gasteiger partial charge in [-0.3, -0.25) is 0 Å². The molecule has 4 heteroatoms. The molecular weight excluding hydrogens is 265 g/mol. The second-order valence-electron chi connectivity index (χ2n) is 6.54. The first kappa shape index (κ1) is 15.4. The maximum Gasteiger partial charge on any atom is 0.194 e. The van der Waals surface area contributed by atoms with Crippen molar-refractivity contribution in [1.82, 2.24) is 0 Å². The highest BCUT2D eigenvalue weighted by molar-refractivity contribution is 5.29. The summed E-state index contributed by atoms with van der Waals surface area (Å²) in [5.41, 5.74) is -0.604. The van der Waals surface area contributed by atoms with Gasteiger partial charge in [-0.2, -0.15) is 0 Å². The van der Waals surface area contributed by atoms with Crippen LogP contribution in [0.4, 0.5) is 13.2 Å². The van der Waals surface area contributed by atoms with Crippen LogP contribution in [0.5, 0.6) is 0 Å². The first-order chi connectivity index (χ1) is 9.25. The van der Waals surface area contributed by atoms with Crippen LogP contribution in [0, 0.1) is 29.3 Å². The van der Waals surface area contributed by atoms with E-state index in [2.05, 4.69) is 6.92 Å². The van der Waals surface area contributed by atoms with Crippen molar-refractivity contribution >= 4 is 0 Å². The van der Waals surface area contributed by atoms with E-state index < -0.39 is 29.0 Å². The summed E-state index contributed by atoms with van der Waals surface area (Å²) in [6.07, 6.45) is 1.84. The molecule has 1 nitrogen and oxygen atoms in total. The van der Waals surface area contributed by atoms with E-state index in [-0.39, 0.29) is 11.5 Å². The third kappa shape index (κ3) is 2.58. The molecule has 1 aromatic carbocycles. The lowest BCUT2D eigenvalue weighted by molar-refractivity contribution is 0.0133. The van der Waals surface area contributed by atoms with Gasteiger partial charge in [0, 0.05) is 0 Å². The number of rotatable bonds is 2. The van der Waals surface area contributed by atoms with Crippen molar-refractivity contribution in [3.05, 3.63) is 35.1 Å². The van der Waals surface area contributed by atoms with Crippen molar-refractivity contribution in [3.8, 4) is 0 Å². The van der Waals surface area contributed by atoms with Gasteiger partial charge in [0.2, 0.25) is 0 Å². The third-order valence-electron chi connectivity index (χ3n) is 4.74. The lowest BCUT2D eigenvalue weighted by Gasteiger charge is -2.42. The summed E-state index contributed by atoms with van der Waals surface area (Å²) in [6.45, 7) is 5.64. The van der Waals surface area contributed by atoms with Crippen LogP contribution in [-0.4, -0.2) is 11.2 Å². The molecule has 1 N–H and O–H groups in total. The number of aliphatic hydroxyl groups is 1. The van der Waals surface area contributed by atoms with Gasteiger partial charge in [-0.15, -0.1) is 0 Å². The van der Waals surface area contributed by atoms with E-state index in [9.17, 15) is 18.3 Å². The van der Waals surface area contributed by atoms with E-state index >= 15 is 0 Å². The van der Waals surface area contributed by atoms with E-state index in [4.69, 9.17) is 0 Å². The zero-order valence-corrected chi connectivity index (χ0v) is 12.1. The maximum atomic E-state index is 14.0. The van der Waals surface area contributed by atoms with Crippen molar-refractivity contribution in [2.75, 3.05) is 0 Å². The molecule has 0 aliphatic heterocycles. The summed E-state index contributed by atoms with van der Waals surface area (Å²) in [7, 11) is 0. The Labute approximate surface area is 117 Å². The average Bonchev–Trinajstić information content (AvgIpc) is 2.35. The summed E-state index contributed by atoms with van der Waals surface area (Å²) in [5.74, 6) is -3.47. The summed E-state index contributed by atoms with van der Waals surface area (Å²) in [5, 5.41) is 10.3. The van der Waals surface area contributed by atoms with Crippen LogP contribution >= 0.6 is 0 Å². The molecule has 0 heterocycles. The summed E-state index contributed by atoms with van der Waals surface area (Å²) < 4.78 is 40.5. The average molecular weight is 286 g/mol. The Morgan fingerprint density at radius 3 is 2.35 bits per heavy atom. The van der Waals surface area contributed by atoms with Gasteiger partial charge < -0.3 is 5.11 Å². The van der Waals surface area contributed by atoms with Crippen LogP contribution in [0.25, 0.3) is 0 Å². The molecule has 1 aliphatic rings. The van der Waals surface area contributed by atoms with E-state index in [1.165, 1.54) is 6.07 Å². The van der Waals surface area contributed by atoms with Crippen LogP contribution < -0.4 is 0 Å². The molecule has 1 saturated carbocycles. The molecule has 20 heavy (non-hydrogen) atoms. The molecule has 3 unspecified atom stereocenters. The highest BCUT2D eigenvalue weighted by Crippen LogP contribution is 2.43. The molecule has 3 atom stereocenters. The zero-order chi connectivity index (χ0) is 15.1. The quantitative estimate of drug-likeness (QED) is 0.809. The largest absolute Gasteiger partial charge is 0.393 e. The highest BCUT2D eigenvalue weighted by Gasteiger charge is 2.41. The van der Waals surface area contributed by atoms with Gasteiger partial charge >= 0.3 is 0 Å². The van der Waals surface area contributed by atoms with Crippen molar-refractivity contribution in [3.63, 3.8) is 0 Å². The number of aliphatic hydroxyl groups excluding tert-OH is 1. The molecular formula is C16H21F3O. The minimum absolute atomic E-state index is 0.134. The molecule has 0 radical (unpaired) electrons. The Kier molecular flexibility index (Phi) is 4.14. The second kappa shape index (κ2) is 5.40. The Morgan fingerprint density at radius 1 is 1.10 bits per heavy atom. The van der Waals surface area contributed by atoms with Crippen LogP contribution in [0.15, 0.2) is 12.1 Å². The number of benzene rings is 1. The Hall–Kier alpha value is -1.03. The Morgan fingerprint density at radius 2 is 1.75 bits per heavy atom. The van der Waals surface area contributed by atoms with Crippen molar-refractivity contribution in [2.45, 2.75) is 51.6 Å². The molecule has 0 bridgehead atoms. The van der Waals surface area contributed by atoms with Crippen LogP contribution in [0.3, 0.4) is 0 Å². The lowest BCUT2D eigenvalue weighted by atomic mass is 9.64. The van der Waals surface area contributed by atoms with Gasteiger partial charge in [0.25, 0.3) is 0 Å². The van der Waals surface area contributed by atoms with Crippen molar-refractivity contribution in [2.24, 2.45) is 11.8 Å². The van der Waals surface area contributed by atoms with Crippen molar-refractivity contribution in [1.29, 1.82) is 0 Å². The zero-order valence-electron chi connectivity index (χ0n) is 12.1. The molecule has 1 fully saturated rings. The maximum absolute atomic E-state index is 14.0. The fourth-order valence-electron chi connectivity index (χ4n) is 3.42. The first-order valence-electron chi connectivity index (χ1n) is 7.07. The summed E-state index contributed by atoms with van der Waals surface area (Å²) in [6, 6.07) is 2.24. The van der Waals surface area contributed by atoms with Gasteiger partial charge in [0.1, 0.15) is 0 Å². The monoisotopic (exact) mass is 286 g/mol. The molecule has 112 valence electrons. The molecule has 0 saturated heterocycles. The summed E-state index contributed by atoms with van der Waals surface area (Å²) in [4.78, 5) is 0. The smallest absolute Gasteiger partial charge is 0.194 e. The number of halogens is 3. The predicted molar refractivity (Wildman–Crippen MR) is 71.9 cm³/mol. The fraction of sp³-hybridized carbons (Fsp3) is 0.625. The molecule has 0 amide bonds. The van der Waals surface area contributed by atoms with Crippen LogP contribution in [0.1, 0.15) is 45.6 Å². The fourth-order valence-corrected chi connectivity index (χ4v) is 3.42. The molecule has 1 aromatic rings. The van der Waals surface area contributed by atoms with E-state index in [0.29, 0.717) is 12.3 Å². The van der Waals surface area contributed by atoms with Gasteiger partial charge in [-0.1, -0.05) is 33.3 Å². The predicted octanol–water partition coefficient (Wildman–Crippen LogP) is 4.18. The first-order valence-corrected chi connectivity index (χ1v) is 7.07. The lowest BCUT2D eigenvalue weighted by Crippen LogP contribution is -2.41. The molecule has 0 spiro atoms. The van der Waals surface area contributed by atoms with Gasteiger partial charge in [-0.05, 0) is 41.7 Å². The van der Waals surface area contributed by atoms with Crippen molar-refractivity contribution < 1.29 is 18.3 Å². The third-order valence-corrected chi connectivity index (χ3v) is 4.74. The van der Waals surface area contributed by atoms with E-state index in [1.54, 1.807) is 13.8 Å². The van der Waals surface area contributed by atoms with Crippen LogP contribution in [-0.2, 0) is 5.41 Å². The number of hydrogen-bond donors (Lipinski definition) is 1. The molecule has 0 aromatic heterocycles. The standard InChI is InChI=1S/C16H21F3O/c1-9-4-5-10(13(20)8-9)16(2,3)11-6-7-12(17)15(19)14(11)18/h6-7,9-10,13,20H,4-5,8H2,1-3H3. The van der Waals surface area contributed by atoms with E-state index in [0.717, 1.165) is 18.9 Å². The summed E-state index contributed by atoms with van der Waals surface area (Å²) >= 11 is 0. The SMILES string of the molecule is CC1CCC(C(C)(C)c2ccc(F)c(F)c2F)C(O)C1. The van der Waals surface area contributed by atoms with Gasteiger partial charge in [0.05, 0.1) is 6.10 Å². The Bertz CT molecular complexity index is 499. The van der Waals surface area contributed by atoms with E-state index in [1.807, 2.05) is 0 Å². The topological polar surface area (TPSA) is 20.2 Å².